The first-order valence-electron chi connectivity index (χ1n) is 13.9. The van der Waals surface area contributed by atoms with Crippen LogP contribution in [0.3, 0.4) is 0 Å². The van der Waals surface area contributed by atoms with E-state index in [1.807, 2.05) is 6.92 Å². The molecule has 0 radical (unpaired) electrons. The molecule has 42 heavy (non-hydrogen) atoms. The summed E-state index contributed by atoms with van der Waals surface area (Å²) in [5, 5.41) is 3.60. The minimum Gasteiger partial charge on any atom is -0.497 e. The zero-order chi connectivity index (χ0) is 30.3. The highest BCUT2D eigenvalue weighted by molar-refractivity contribution is 7.92. The normalized spacial score (nSPS) is 14.3. The van der Waals surface area contributed by atoms with Gasteiger partial charge in [0.1, 0.15) is 24.2 Å². The first kappa shape index (κ1) is 31.3. The summed E-state index contributed by atoms with van der Waals surface area (Å²) in [6.45, 7) is 1.26. The Hall–Kier alpha value is -3.63. The monoisotopic (exact) mass is 615 g/mol. The molecule has 224 valence electrons. The van der Waals surface area contributed by atoms with Crippen LogP contribution in [0, 0.1) is 5.82 Å². The quantitative estimate of drug-likeness (QED) is 0.288. The molecule has 3 aromatic rings. The third-order valence-electron chi connectivity index (χ3n) is 7.39. The van der Waals surface area contributed by atoms with Gasteiger partial charge in [0.05, 0.1) is 17.7 Å². The summed E-state index contributed by atoms with van der Waals surface area (Å²) in [4.78, 5) is 28.9. The number of ether oxygens (including phenoxy) is 1. The van der Waals surface area contributed by atoms with Crippen LogP contribution in [0.1, 0.15) is 44.6 Å². The molecule has 0 bridgehead atoms. The van der Waals surface area contributed by atoms with Gasteiger partial charge >= 0.3 is 0 Å². The van der Waals surface area contributed by atoms with E-state index in [2.05, 4.69) is 5.32 Å². The first-order chi connectivity index (χ1) is 20.1. The lowest BCUT2D eigenvalue weighted by Gasteiger charge is -2.33. The molecule has 11 heteroatoms. The second-order valence-electron chi connectivity index (χ2n) is 10.2. The van der Waals surface area contributed by atoms with Crippen LogP contribution >= 0.6 is 11.6 Å². The van der Waals surface area contributed by atoms with Crippen LogP contribution in [0.15, 0.2) is 77.7 Å². The van der Waals surface area contributed by atoms with Gasteiger partial charge in [-0.15, -0.1) is 0 Å². The number of methoxy groups -OCH3 is 1. The van der Waals surface area contributed by atoms with Crippen molar-refractivity contribution in [3.05, 3.63) is 89.2 Å². The number of carbonyl (C=O) groups excluding carboxylic acids is 2. The summed E-state index contributed by atoms with van der Waals surface area (Å²) in [5.74, 6) is -0.949. The smallest absolute Gasteiger partial charge is 0.264 e. The van der Waals surface area contributed by atoms with E-state index in [0.717, 1.165) is 47.7 Å². The fourth-order valence-corrected chi connectivity index (χ4v) is 6.62. The van der Waals surface area contributed by atoms with Crippen LogP contribution in [0.2, 0.25) is 5.02 Å². The molecular formula is C31H35ClFN3O5S. The van der Waals surface area contributed by atoms with Crippen molar-refractivity contribution in [2.45, 2.75) is 62.6 Å². The number of sulfonamides is 1. The van der Waals surface area contributed by atoms with Gasteiger partial charge in [0.15, 0.2) is 0 Å². The Bertz CT molecular complexity index is 1460. The average molecular weight is 616 g/mol. The Morgan fingerprint density at radius 3 is 2.19 bits per heavy atom. The summed E-state index contributed by atoms with van der Waals surface area (Å²) >= 11 is 6.07. The molecule has 0 heterocycles. The molecule has 1 aliphatic carbocycles. The Balaban J connectivity index is 1.70. The van der Waals surface area contributed by atoms with E-state index in [0.29, 0.717) is 17.2 Å². The van der Waals surface area contributed by atoms with E-state index >= 15 is 0 Å². The largest absolute Gasteiger partial charge is 0.497 e. The highest BCUT2D eigenvalue weighted by Gasteiger charge is 2.34. The molecule has 0 spiro atoms. The van der Waals surface area contributed by atoms with Crippen molar-refractivity contribution in [1.29, 1.82) is 0 Å². The van der Waals surface area contributed by atoms with E-state index in [1.165, 1.54) is 48.4 Å². The van der Waals surface area contributed by atoms with E-state index < -0.39 is 34.3 Å². The van der Waals surface area contributed by atoms with E-state index in [-0.39, 0.29) is 29.1 Å². The highest BCUT2D eigenvalue weighted by Crippen LogP contribution is 2.27. The zero-order valence-corrected chi connectivity index (χ0v) is 25.2. The van der Waals surface area contributed by atoms with Gasteiger partial charge in [-0.2, -0.15) is 0 Å². The Labute approximate surface area is 251 Å². The Kier molecular flexibility index (Phi) is 10.5. The summed E-state index contributed by atoms with van der Waals surface area (Å²) in [6.07, 6.45) is 4.15. The van der Waals surface area contributed by atoms with E-state index in [9.17, 15) is 22.4 Å². The molecule has 2 amide bonds. The lowest BCUT2D eigenvalue weighted by Crippen LogP contribution is -2.53. The van der Waals surface area contributed by atoms with Crippen molar-refractivity contribution in [1.82, 2.24) is 10.2 Å². The molecule has 1 atom stereocenters. The topological polar surface area (TPSA) is 96.0 Å². The van der Waals surface area contributed by atoms with Crippen molar-refractivity contribution in [3.8, 4) is 5.75 Å². The van der Waals surface area contributed by atoms with Crippen molar-refractivity contribution < 1.29 is 27.1 Å². The number of hydrogen-bond acceptors (Lipinski definition) is 5. The van der Waals surface area contributed by atoms with Crippen molar-refractivity contribution in [2.24, 2.45) is 0 Å². The molecule has 0 aromatic heterocycles. The fourth-order valence-electron chi connectivity index (χ4n) is 5.08. The maximum atomic E-state index is 14.1. The van der Waals surface area contributed by atoms with Crippen LogP contribution in [0.5, 0.6) is 5.75 Å². The van der Waals surface area contributed by atoms with Gasteiger partial charge in [-0.25, -0.2) is 12.8 Å². The number of anilines is 1. The molecule has 1 saturated carbocycles. The van der Waals surface area contributed by atoms with Gasteiger partial charge in [0.25, 0.3) is 10.0 Å². The van der Waals surface area contributed by atoms with Gasteiger partial charge in [-0.05, 0) is 85.5 Å². The first-order valence-corrected chi connectivity index (χ1v) is 15.7. The molecule has 1 aliphatic rings. The number of nitrogens with zero attached hydrogens (tertiary/aromatic N) is 2. The molecule has 0 saturated heterocycles. The number of rotatable bonds is 12. The number of carbonyl (C=O) groups is 2. The third-order valence-corrected chi connectivity index (χ3v) is 9.43. The summed E-state index contributed by atoms with van der Waals surface area (Å²) in [6, 6.07) is 16.7. The molecule has 4 rings (SSSR count). The Morgan fingerprint density at radius 2 is 1.62 bits per heavy atom. The van der Waals surface area contributed by atoms with Crippen molar-refractivity contribution in [2.75, 3.05) is 18.0 Å². The molecule has 0 aliphatic heterocycles. The van der Waals surface area contributed by atoms with Crippen LogP contribution in [-0.2, 0) is 26.2 Å². The molecule has 1 fully saturated rings. The standard InChI is InChI=1S/C31H35ClFN3O5S/c1-3-29(31(38)34-25-6-4-5-7-25)35(20-22-8-10-23(32)11-9-22)30(37)21-36(26-14-12-24(33)13-15-26)42(39,40)28-18-16-27(41-2)17-19-28/h8-19,25,29H,3-7,20-21H2,1-2H3,(H,34,38)/t29-/m0/s1. The average Bonchev–Trinajstić information content (AvgIpc) is 3.50. The summed E-state index contributed by atoms with van der Waals surface area (Å²) in [5.41, 5.74) is 0.835. The number of hydrogen-bond donors (Lipinski definition) is 1. The second-order valence-corrected chi connectivity index (χ2v) is 12.5. The van der Waals surface area contributed by atoms with Crippen molar-refractivity contribution >= 4 is 39.1 Å². The molecule has 8 nitrogen and oxygen atoms in total. The maximum absolute atomic E-state index is 14.1. The molecule has 0 unspecified atom stereocenters. The minimum absolute atomic E-state index is 0.0465. The second kappa shape index (κ2) is 14.0. The molecular weight excluding hydrogens is 581 g/mol. The lowest BCUT2D eigenvalue weighted by atomic mass is 10.1. The third kappa shape index (κ3) is 7.60. The highest BCUT2D eigenvalue weighted by atomic mass is 35.5. The van der Waals surface area contributed by atoms with E-state index in [4.69, 9.17) is 16.3 Å². The predicted molar refractivity (Wildman–Crippen MR) is 160 cm³/mol. The zero-order valence-electron chi connectivity index (χ0n) is 23.6. The maximum Gasteiger partial charge on any atom is 0.264 e. The number of halogens is 2. The van der Waals surface area contributed by atoms with Gasteiger partial charge in [-0.3, -0.25) is 13.9 Å². The summed E-state index contributed by atoms with van der Waals surface area (Å²) in [7, 11) is -2.81. The fraction of sp³-hybridized carbons (Fsp3) is 0.355. The van der Waals surface area contributed by atoms with Gasteiger partial charge < -0.3 is 15.0 Å². The number of amides is 2. The molecule has 1 N–H and O–H groups in total. The van der Waals surface area contributed by atoms with Gasteiger partial charge in [0.2, 0.25) is 11.8 Å². The van der Waals surface area contributed by atoms with Gasteiger partial charge in [0, 0.05) is 17.6 Å². The van der Waals surface area contributed by atoms with Crippen LogP contribution in [-0.4, -0.2) is 50.9 Å². The SMILES string of the molecule is CC[C@@H](C(=O)NC1CCCC1)N(Cc1ccc(Cl)cc1)C(=O)CN(c1ccc(F)cc1)S(=O)(=O)c1ccc(OC)cc1. The number of nitrogens with one attached hydrogen (secondary N) is 1. The Morgan fingerprint density at radius 1 is 1.00 bits per heavy atom. The summed E-state index contributed by atoms with van der Waals surface area (Å²) < 4.78 is 47.7. The van der Waals surface area contributed by atoms with Gasteiger partial charge in [-0.1, -0.05) is 43.5 Å². The lowest BCUT2D eigenvalue weighted by molar-refractivity contribution is -0.140. The van der Waals surface area contributed by atoms with Crippen molar-refractivity contribution in [3.63, 3.8) is 0 Å². The molecule has 3 aromatic carbocycles. The van der Waals surface area contributed by atoms with Crippen LogP contribution in [0.25, 0.3) is 0 Å². The minimum atomic E-state index is -4.28. The number of benzene rings is 3. The van der Waals surface area contributed by atoms with E-state index in [1.54, 1.807) is 24.3 Å². The van der Waals surface area contributed by atoms with Crippen LogP contribution in [0.4, 0.5) is 10.1 Å². The van der Waals surface area contributed by atoms with Crippen LogP contribution < -0.4 is 14.4 Å². The predicted octanol–water partition coefficient (Wildman–Crippen LogP) is 5.55.